The first-order valence-corrected chi connectivity index (χ1v) is 19.2. The summed E-state index contributed by atoms with van der Waals surface area (Å²) < 4.78 is 6.27. The molecule has 0 amide bonds. The van der Waals surface area contributed by atoms with E-state index < -0.39 is 0 Å². The Morgan fingerprint density at radius 3 is 1.79 bits per heavy atom. The van der Waals surface area contributed by atoms with E-state index in [9.17, 15) is 0 Å². The highest BCUT2D eigenvalue weighted by Crippen LogP contribution is 2.45. The molecule has 11 aromatic rings. The lowest BCUT2D eigenvalue weighted by molar-refractivity contribution is 0.669. The van der Waals surface area contributed by atoms with Gasteiger partial charge in [0.25, 0.3) is 0 Å². The number of benzene rings is 10. The second kappa shape index (κ2) is 13.2. The standard InChI is InChI=1S/C54H35NO/c1-3-19-42-36(14-1)16-12-26-46(42)48-23-7-9-27-51(48)55(40-32-30-37(31-33-40)44-25-13-29-53-54(44)49-24-8-10-28-52(49)56-53)41-18-11-17-38(34-41)50-35-39-15-2-4-20-43(39)45-21-5-6-22-47(45)50/h1-35H. The lowest BCUT2D eigenvalue weighted by Gasteiger charge is -2.29. The van der Waals surface area contributed by atoms with Gasteiger partial charge < -0.3 is 9.32 Å². The molecule has 0 radical (unpaired) electrons. The fourth-order valence-corrected chi connectivity index (χ4v) is 8.69. The molecular formula is C54H35NO. The number of anilines is 3. The van der Waals surface area contributed by atoms with Gasteiger partial charge in [0, 0.05) is 27.7 Å². The Balaban J connectivity index is 1.12. The highest BCUT2D eigenvalue weighted by Gasteiger charge is 2.20. The smallest absolute Gasteiger partial charge is 0.136 e. The van der Waals surface area contributed by atoms with E-state index in [1.807, 2.05) is 12.1 Å². The zero-order valence-electron chi connectivity index (χ0n) is 30.6. The largest absolute Gasteiger partial charge is 0.456 e. The average molecular weight is 714 g/mol. The van der Waals surface area contributed by atoms with Gasteiger partial charge in [-0.15, -0.1) is 0 Å². The monoisotopic (exact) mass is 713 g/mol. The second-order valence-electron chi connectivity index (χ2n) is 14.4. The van der Waals surface area contributed by atoms with E-state index in [-0.39, 0.29) is 0 Å². The molecule has 1 aromatic heterocycles. The molecule has 0 saturated heterocycles. The van der Waals surface area contributed by atoms with E-state index in [0.717, 1.165) is 50.1 Å². The van der Waals surface area contributed by atoms with Crippen molar-refractivity contribution in [2.24, 2.45) is 0 Å². The van der Waals surface area contributed by atoms with Crippen molar-refractivity contribution < 1.29 is 4.42 Å². The van der Waals surface area contributed by atoms with Gasteiger partial charge in [-0.1, -0.05) is 164 Å². The third-order valence-electron chi connectivity index (χ3n) is 11.2. The normalized spacial score (nSPS) is 11.6. The topological polar surface area (TPSA) is 16.4 Å². The molecule has 1 heterocycles. The van der Waals surface area contributed by atoms with Gasteiger partial charge in [0.2, 0.25) is 0 Å². The maximum absolute atomic E-state index is 6.27. The van der Waals surface area contributed by atoms with Gasteiger partial charge in [0.05, 0.1) is 5.69 Å². The number of furan rings is 1. The van der Waals surface area contributed by atoms with Crippen LogP contribution in [0.3, 0.4) is 0 Å². The molecule has 0 unspecified atom stereocenters. The van der Waals surface area contributed by atoms with Gasteiger partial charge in [-0.05, 0) is 109 Å². The van der Waals surface area contributed by atoms with Crippen molar-refractivity contribution in [3.05, 3.63) is 212 Å². The zero-order chi connectivity index (χ0) is 37.0. The lowest BCUT2D eigenvalue weighted by atomic mass is 9.92. The number of para-hydroxylation sites is 2. The Kier molecular flexibility index (Phi) is 7.53. The summed E-state index contributed by atoms with van der Waals surface area (Å²) in [6.45, 7) is 0. The van der Waals surface area contributed by atoms with Crippen LogP contribution in [0.2, 0.25) is 0 Å². The molecule has 0 aliphatic rings. The molecular weight excluding hydrogens is 679 g/mol. The van der Waals surface area contributed by atoms with Gasteiger partial charge in [-0.25, -0.2) is 0 Å². The molecule has 0 fully saturated rings. The molecule has 10 aromatic carbocycles. The Morgan fingerprint density at radius 1 is 0.304 bits per heavy atom. The highest BCUT2D eigenvalue weighted by molar-refractivity contribution is 6.14. The Bertz CT molecular complexity index is 3260. The minimum absolute atomic E-state index is 0.899. The molecule has 0 bridgehead atoms. The minimum atomic E-state index is 0.899. The van der Waals surface area contributed by atoms with Crippen molar-refractivity contribution in [1.29, 1.82) is 0 Å². The molecule has 0 N–H and O–H groups in total. The molecule has 2 heteroatoms. The van der Waals surface area contributed by atoms with Crippen LogP contribution in [0.25, 0.3) is 87.6 Å². The molecule has 0 aliphatic heterocycles. The fraction of sp³-hybridized carbons (Fsp3) is 0. The lowest BCUT2D eigenvalue weighted by Crippen LogP contribution is -2.11. The fourth-order valence-electron chi connectivity index (χ4n) is 8.69. The molecule has 11 rings (SSSR count). The third-order valence-corrected chi connectivity index (χ3v) is 11.2. The summed E-state index contributed by atoms with van der Waals surface area (Å²) in [6, 6.07) is 76.6. The molecule has 0 spiro atoms. The van der Waals surface area contributed by atoms with Crippen molar-refractivity contribution in [3.8, 4) is 33.4 Å². The first-order valence-electron chi connectivity index (χ1n) is 19.2. The Morgan fingerprint density at radius 2 is 0.911 bits per heavy atom. The molecule has 0 aliphatic carbocycles. The van der Waals surface area contributed by atoms with E-state index in [2.05, 4.69) is 205 Å². The van der Waals surface area contributed by atoms with Gasteiger partial charge in [-0.2, -0.15) is 0 Å². The molecule has 0 saturated carbocycles. The van der Waals surface area contributed by atoms with Crippen LogP contribution < -0.4 is 4.90 Å². The van der Waals surface area contributed by atoms with Crippen LogP contribution in [-0.4, -0.2) is 0 Å². The second-order valence-corrected chi connectivity index (χ2v) is 14.4. The maximum Gasteiger partial charge on any atom is 0.136 e. The Labute approximate surface area is 325 Å². The van der Waals surface area contributed by atoms with Gasteiger partial charge >= 0.3 is 0 Å². The summed E-state index contributed by atoms with van der Waals surface area (Å²) in [5.74, 6) is 0. The number of hydrogen-bond donors (Lipinski definition) is 0. The summed E-state index contributed by atoms with van der Waals surface area (Å²) in [7, 11) is 0. The molecule has 2 nitrogen and oxygen atoms in total. The number of nitrogens with zero attached hydrogens (tertiary/aromatic N) is 1. The van der Waals surface area contributed by atoms with Crippen LogP contribution >= 0.6 is 0 Å². The van der Waals surface area contributed by atoms with Gasteiger partial charge in [-0.3, -0.25) is 0 Å². The van der Waals surface area contributed by atoms with Crippen molar-refractivity contribution in [2.45, 2.75) is 0 Å². The highest BCUT2D eigenvalue weighted by atomic mass is 16.3. The first kappa shape index (κ1) is 32.0. The summed E-state index contributed by atoms with van der Waals surface area (Å²) in [5.41, 5.74) is 12.1. The minimum Gasteiger partial charge on any atom is -0.456 e. The van der Waals surface area contributed by atoms with Crippen molar-refractivity contribution in [2.75, 3.05) is 4.90 Å². The number of rotatable bonds is 6. The van der Waals surface area contributed by atoms with Crippen LogP contribution in [-0.2, 0) is 0 Å². The quantitative estimate of drug-likeness (QED) is 0.160. The van der Waals surface area contributed by atoms with Crippen LogP contribution in [0.4, 0.5) is 17.1 Å². The predicted octanol–water partition coefficient (Wildman–Crippen LogP) is 15.5. The van der Waals surface area contributed by atoms with Crippen molar-refractivity contribution in [1.82, 2.24) is 0 Å². The van der Waals surface area contributed by atoms with E-state index in [0.29, 0.717) is 0 Å². The number of hydrogen-bond acceptors (Lipinski definition) is 2. The molecule has 0 atom stereocenters. The summed E-state index contributed by atoms with van der Waals surface area (Å²) in [5, 5.41) is 9.75. The van der Waals surface area contributed by atoms with Crippen molar-refractivity contribution >= 4 is 71.3 Å². The van der Waals surface area contributed by atoms with Crippen molar-refractivity contribution in [3.63, 3.8) is 0 Å². The number of fused-ring (bicyclic) bond motifs is 7. The Hall–Kier alpha value is -7.42. The van der Waals surface area contributed by atoms with Crippen LogP contribution in [0.5, 0.6) is 0 Å². The van der Waals surface area contributed by atoms with Gasteiger partial charge in [0.1, 0.15) is 11.2 Å². The third kappa shape index (κ3) is 5.26. The maximum atomic E-state index is 6.27. The van der Waals surface area contributed by atoms with E-state index in [1.54, 1.807) is 0 Å². The first-order chi connectivity index (χ1) is 27.8. The SMILES string of the molecule is c1cc(-c2cc3ccccc3c3ccccc23)cc(N(c2ccc(-c3cccc4oc5ccccc5c34)cc2)c2ccccc2-c2cccc3ccccc23)c1. The zero-order valence-corrected chi connectivity index (χ0v) is 30.6. The molecule has 262 valence electrons. The predicted molar refractivity (Wildman–Crippen MR) is 237 cm³/mol. The van der Waals surface area contributed by atoms with E-state index in [1.165, 1.54) is 54.6 Å². The van der Waals surface area contributed by atoms with Gasteiger partial charge in [0.15, 0.2) is 0 Å². The van der Waals surface area contributed by atoms with Crippen LogP contribution in [0, 0.1) is 0 Å². The van der Waals surface area contributed by atoms with Crippen LogP contribution in [0.15, 0.2) is 217 Å². The van der Waals surface area contributed by atoms with E-state index >= 15 is 0 Å². The summed E-state index contributed by atoms with van der Waals surface area (Å²) in [4.78, 5) is 2.42. The van der Waals surface area contributed by atoms with Crippen LogP contribution in [0.1, 0.15) is 0 Å². The summed E-state index contributed by atoms with van der Waals surface area (Å²) in [6.07, 6.45) is 0. The van der Waals surface area contributed by atoms with E-state index in [4.69, 9.17) is 4.42 Å². The average Bonchev–Trinajstić information content (AvgIpc) is 3.66. The summed E-state index contributed by atoms with van der Waals surface area (Å²) >= 11 is 0. The molecule has 56 heavy (non-hydrogen) atoms.